The molecule has 0 aliphatic carbocycles. The summed E-state index contributed by atoms with van der Waals surface area (Å²) < 4.78 is 73.3. The normalized spacial score (nSPS) is 12.2. The lowest BCUT2D eigenvalue weighted by molar-refractivity contribution is -0.142. The summed E-state index contributed by atoms with van der Waals surface area (Å²) in [5.41, 5.74) is -4.03. The molecule has 0 aromatic carbocycles. The summed E-state index contributed by atoms with van der Waals surface area (Å²) in [6.07, 6.45) is -8.77. The molecule has 0 aliphatic rings. The first-order valence-corrected chi connectivity index (χ1v) is 3.48. The number of aromatic hydroxyl groups is 1. The third-order valence-electron chi connectivity index (χ3n) is 1.55. The Balaban J connectivity index is 3.53. The van der Waals surface area contributed by atoms with E-state index >= 15 is 0 Å². The zero-order chi connectivity index (χ0) is 11.8. The summed E-state index contributed by atoms with van der Waals surface area (Å²) in [5, 5.41) is 8.74. The van der Waals surface area contributed by atoms with Gasteiger partial charge in [0.2, 0.25) is 5.95 Å². The lowest BCUT2D eigenvalue weighted by Gasteiger charge is -2.13. The first kappa shape index (κ1) is 11.6. The molecule has 1 aromatic rings. The lowest BCUT2D eigenvalue weighted by Crippen LogP contribution is -2.14. The molecular weight excluding hydrogens is 228 g/mol. The Morgan fingerprint density at radius 3 is 2.13 bits per heavy atom. The Bertz CT molecular complexity index is 374. The molecule has 1 rings (SSSR count). The minimum absolute atomic E-state index is 0.200. The molecule has 15 heavy (non-hydrogen) atoms. The van der Waals surface area contributed by atoms with E-state index in [0.29, 0.717) is 0 Å². The highest BCUT2D eigenvalue weighted by Gasteiger charge is 2.41. The Kier molecular flexibility index (Phi) is 2.78. The fourth-order valence-electron chi connectivity index (χ4n) is 0.982. The summed E-state index contributed by atoms with van der Waals surface area (Å²) in [6, 6.07) is 0. The zero-order valence-corrected chi connectivity index (χ0v) is 6.82. The molecule has 1 heterocycles. The third kappa shape index (κ3) is 2.13. The minimum atomic E-state index is -5.33. The summed E-state index contributed by atoms with van der Waals surface area (Å²) in [5.74, 6) is -3.48. The van der Waals surface area contributed by atoms with Gasteiger partial charge in [0.05, 0.1) is 11.8 Å². The molecule has 84 valence electrons. The van der Waals surface area contributed by atoms with Gasteiger partial charge in [0.15, 0.2) is 0 Å². The molecule has 0 saturated carbocycles. The Morgan fingerprint density at radius 1 is 1.27 bits per heavy atom. The number of nitrogens with zero attached hydrogens (tertiary/aromatic N) is 1. The summed E-state index contributed by atoms with van der Waals surface area (Å²) >= 11 is 0. The van der Waals surface area contributed by atoms with Crippen LogP contribution < -0.4 is 0 Å². The second-order valence-corrected chi connectivity index (χ2v) is 2.52. The second-order valence-electron chi connectivity index (χ2n) is 2.52. The van der Waals surface area contributed by atoms with E-state index in [9.17, 15) is 26.3 Å². The van der Waals surface area contributed by atoms with Gasteiger partial charge in [0.25, 0.3) is 6.43 Å². The van der Waals surface area contributed by atoms with Crippen LogP contribution in [0, 0.1) is 5.95 Å². The number of pyridine rings is 1. The van der Waals surface area contributed by atoms with Gasteiger partial charge in [-0.1, -0.05) is 0 Å². The van der Waals surface area contributed by atoms with Crippen molar-refractivity contribution in [3.63, 3.8) is 0 Å². The molecular formula is C7H3F6NO. The molecule has 0 fully saturated rings. The number of aromatic nitrogens is 1. The topological polar surface area (TPSA) is 33.1 Å². The van der Waals surface area contributed by atoms with Gasteiger partial charge in [-0.2, -0.15) is 17.6 Å². The molecule has 1 N–H and O–H groups in total. The number of hydrogen-bond donors (Lipinski definition) is 1. The van der Waals surface area contributed by atoms with Crippen molar-refractivity contribution in [2.24, 2.45) is 0 Å². The van der Waals surface area contributed by atoms with Crippen molar-refractivity contribution < 1.29 is 31.4 Å². The molecule has 8 heteroatoms. The molecule has 2 nitrogen and oxygen atoms in total. The van der Waals surface area contributed by atoms with Crippen molar-refractivity contribution in [2.75, 3.05) is 0 Å². The van der Waals surface area contributed by atoms with Crippen LogP contribution in [0.15, 0.2) is 6.20 Å². The van der Waals surface area contributed by atoms with Gasteiger partial charge >= 0.3 is 6.18 Å². The smallest absolute Gasteiger partial charge is 0.421 e. The van der Waals surface area contributed by atoms with Crippen LogP contribution in [0.25, 0.3) is 0 Å². The first-order chi connectivity index (χ1) is 6.75. The maximum Gasteiger partial charge on any atom is 0.421 e. The van der Waals surface area contributed by atoms with Crippen LogP contribution >= 0.6 is 0 Å². The molecule has 0 atom stereocenters. The number of hydrogen-bond acceptors (Lipinski definition) is 2. The van der Waals surface area contributed by atoms with Crippen LogP contribution in [0.3, 0.4) is 0 Å². The van der Waals surface area contributed by atoms with Crippen molar-refractivity contribution >= 4 is 0 Å². The van der Waals surface area contributed by atoms with Crippen LogP contribution in [0.5, 0.6) is 5.75 Å². The zero-order valence-electron chi connectivity index (χ0n) is 6.82. The van der Waals surface area contributed by atoms with Gasteiger partial charge in [-0.3, -0.25) is 0 Å². The van der Waals surface area contributed by atoms with Crippen molar-refractivity contribution in [2.45, 2.75) is 12.6 Å². The van der Waals surface area contributed by atoms with Crippen molar-refractivity contribution in [3.05, 3.63) is 23.3 Å². The van der Waals surface area contributed by atoms with E-state index in [4.69, 9.17) is 5.11 Å². The van der Waals surface area contributed by atoms with E-state index in [-0.39, 0.29) is 6.20 Å². The van der Waals surface area contributed by atoms with E-state index in [1.807, 2.05) is 0 Å². The van der Waals surface area contributed by atoms with Gasteiger partial charge in [-0.15, -0.1) is 0 Å². The molecule has 0 saturated heterocycles. The molecule has 0 bridgehead atoms. The van der Waals surface area contributed by atoms with E-state index in [2.05, 4.69) is 4.98 Å². The van der Waals surface area contributed by atoms with Gasteiger partial charge in [-0.25, -0.2) is 13.8 Å². The number of rotatable bonds is 1. The minimum Gasteiger partial charge on any atom is -0.506 e. The number of alkyl halides is 5. The summed E-state index contributed by atoms with van der Waals surface area (Å²) in [4.78, 5) is 2.52. The van der Waals surface area contributed by atoms with E-state index in [1.165, 1.54) is 0 Å². The fraction of sp³-hybridized carbons (Fsp3) is 0.286. The van der Waals surface area contributed by atoms with E-state index in [0.717, 1.165) is 0 Å². The van der Waals surface area contributed by atoms with Gasteiger partial charge in [-0.05, 0) is 0 Å². The highest BCUT2D eigenvalue weighted by molar-refractivity contribution is 5.39. The van der Waals surface area contributed by atoms with Crippen LogP contribution in [-0.4, -0.2) is 10.1 Å². The molecule has 0 spiro atoms. The average Bonchev–Trinajstić information content (AvgIpc) is 2.05. The predicted octanol–water partition coefficient (Wildman–Crippen LogP) is 2.88. The van der Waals surface area contributed by atoms with Crippen molar-refractivity contribution in [3.8, 4) is 5.75 Å². The summed E-state index contributed by atoms with van der Waals surface area (Å²) in [6.45, 7) is 0. The predicted molar refractivity (Wildman–Crippen MR) is 35.8 cm³/mol. The average molecular weight is 231 g/mol. The van der Waals surface area contributed by atoms with Crippen LogP contribution in [0.4, 0.5) is 26.3 Å². The second kappa shape index (κ2) is 3.59. The third-order valence-corrected chi connectivity index (χ3v) is 1.55. The van der Waals surface area contributed by atoms with E-state index < -0.39 is 35.4 Å². The van der Waals surface area contributed by atoms with Gasteiger partial charge < -0.3 is 5.11 Å². The quantitative estimate of drug-likeness (QED) is 0.595. The van der Waals surface area contributed by atoms with Gasteiger partial charge in [0, 0.05) is 0 Å². The molecule has 0 amide bonds. The molecule has 0 aliphatic heterocycles. The maximum atomic E-state index is 12.6. The molecule has 0 unspecified atom stereocenters. The Labute approximate surface area is 79.2 Å². The monoisotopic (exact) mass is 231 g/mol. The largest absolute Gasteiger partial charge is 0.506 e. The molecule has 1 aromatic heterocycles. The van der Waals surface area contributed by atoms with Crippen LogP contribution in [-0.2, 0) is 6.18 Å². The van der Waals surface area contributed by atoms with Crippen molar-refractivity contribution in [1.29, 1.82) is 0 Å². The standard InChI is InChI=1S/C7H3F6NO/c8-5(9)3-2(15)1-14-6(10)4(3)7(11,12)13/h1,5,15H. The van der Waals surface area contributed by atoms with Crippen LogP contribution in [0.1, 0.15) is 17.6 Å². The molecule has 0 radical (unpaired) electrons. The lowest BCUT2D eigenvalue weighted by atomic mass is 10.1. The fourth-order valence-corrected chi connectivity index (χ4v) is 0.982. The SMILES string of the molecule is Oc1cnc(F)c(C(F)(F)F)c1C(F)F. The Morgan fingerprint density at radius 2 is 1.80 bits per heavy atom. The number of halogens is 6. The van der Waals surface area contributed by atoms with Crippen molar-refractivity contribution in [1.82, 2.24) is 4.98 Å². The first-order valence-electron chi connectivity index (χ1n) is 3.48. The highest BCUT2D eigenvalue weighted by Crippen LogP contribution is 2.41. The Hall–Kier alpha value is -1.47. The maximum absolute atomic E-state index is 12.6. The summed E-state index contributed by atoms with van der Waals surface area (Å²) in [7, 11) is 0. The van der Waals surface area contributed by atoms with Gasteiger partial charge in [0.1, 0.15) is 11.3 Å². The van der Waals surface area contributed by atoms with Crippen LogP contribution in [0.2, 0.25) is 0 Å². The highest BCUT2D eigenvalue weighted by atomic mass is 19.4. The van der Waals surface area contributed by atoms with E-state index in [1.54, 1.807) is 0 Å².